The summed E-state index contributed by atoms with van der Waals surface area (Å²) in [5.41, 5.74) is 5.30. The number of nitrogen functional groups attached to an aromatic ring is 1. The second-order valence-corrected chi connectivity index (χ2v) is 5.09. The van der Waals surface area contributed by atoms with Crippen LogP contribution < -0.4 is 16.0 Å². The Hall–Kier alpha value is -2.45. The number of amides is 1. The predicted octanol–water partition coefficient (Wildman–Crippen LogP) is 0.320. The molecule has 1 aromatic rings. The largest absolute Gasteiger partial charge is 0.378 e. The lowest BCUT2D eigenvalue weighted by Crippen LogP contribution is -2.41. The van der Waals surface area contributed by atoms with Crippen molar-refractivity contribution in [1.82, 2.24) is 15.3 Å². The summed E-state index contributed by atoms with van der Waals surface area (Å²) in [6.07, 6.45) is 3.10. The van der Waals surface area contributed by atoms with Crippen LogP contribution in [0.1, 0.15) is 19.8 Å². The minimum Gasteiger partial charge on any atom is -0.378 e. The Labute approximate surface area is 121 Å². The number of nitrogens with zero attached hydrogens (tertiary/aromatic N) is 4. The average Bonchev–Trinajstić information content (AvgIpc) is 2.45. The Morgan fingerprint density at radius 3 is 3.05 bits per heavy atom. The summed E-state index contributed by atoms with van der Waals surface area (Å²) >= 11 is 0. The van der Waals surface area contributed by atoms with Crippen molar-refractivity contribution in [3.05, 3.63) is 16.3 Å². The Kier molecular flexibility index (Phi) is 4.51. The summed E-state index contributed by atoms with van der Waals surface area (Å²) in [6, 6.07) is 0. The Morgan fingerprint density at radius 1 is 1.67 bits per heavy atom. The predicted molar refractivity (Wildman–Crippen MR) is 76.7 cm³/mol. The third kappa shape index (κ3) is 3.77. The van der Waals surface area contributed by atoms with E-state index in [9.17, 15) is 14.9 Å². The number of nitrogens with two attached hydrogens (primary N) is 1. The lowest BCUT2D eigenvalue weighted by molar-refractivity contribution is -0.384. The molecule has 1 saturated heterocycles. The molecule has 0 aliphatic carbocycles. The van der Waals surface area contributed by atoms with Crippen molar-refractivity contribution < 1.29 is 9.72 Å². The fraction of sp³-hybridized carbons (Fsp3) is 0.583. The molecule has 0 aromatic carbocycles. The molecule has 2 rings (SSSR count). The molecule has 114 valence electrons. The molecule has 0 saturated carbocycles. The van der Waals surface area contributed by atoms with Crippen molar-refractivity contribution in [3.63, 3.8) is 0 Å². The van der Waals surface area contributed by atoms with E-state index in [4.69, 9.17) is 5.73 Å². The van der Waals surface area contributed by atoms with Gasteiger partial charge in [-0.1, -0.05) is 0 Å². The van der Waals surface area contributed by atoms with Gasteiger partial charge in [0.25, 0.3) is 0 Å². The fourth-order valence-corrected chi connectivity index (χ4v) is 2.37. The first-order chi connectivity index (χ1) is 9.97. The van der Waals surface area contributed by atoms with Gasteiger partial charge in [0.15, 0.2) is 0 Å². The van der Waals surface area contributed by atoms with E-state index in [1.165, 1.54) is 6.92 Å². The summed E-state index contributed by atoms with van der Waals surface area (Å²) in [6.45, 7) is 3.56. The summed E-state index contributed by atoms with van der Waals surface area (Å²) in [7, 11) is 0. The SMILES string of the molecule is CC(=O)NCC1CCCN(c2ncc([N+](=O)[O-])c(N)n2)C1. The highest BCUT2D eigenvalue weighted by Gasteiger charge is 2.23. The lowest BCUT2D eigenvalue weighted by atomic mass is 9.98. The molecule has 1 aromatic heterocycles. The van der Waals surface area contributed by atoms with Crippen LogP contribution in [-0.2, 0) is 4.79 Å². The number of aromatic nitrogens is 2. The maximum atomic E-state index is 11.0. The smallest absolute Gasteiger partial charge is 0.329 e. The van der Waals surface area contributed by atoms with Crippen LogP contribution in [0.5, 0.6) is 0 Å². The van der Waals surface area contributed by atoms with Crippen molar-refractivity contribution in [2.24, 2.45) is 5.92 Å². The van der Waals surface area contributed by atoms with Gasteiger partial charge in [-0.15, -0.1) is 0 Å². The molecule has 9 nitrogen and oxygen atoms in total. The monoisotopic (exact) mass is 294 g/mol. The van der Waals surface area contributed by atoms with Crippen LogP contribution in [0.15, 0.2) is 6.20 Å². The summed E-state index contributed by atoms with van der Waals surface area (Å²) in [5.74, 6) is 0.519. The Morgan fingerprint density at radius 2 is 2.43 bits per heavy atom. The Bertz CT molecular complexity index is 550. The van der Waals surface area contributed by atoms with Gasteiger partial charge in [-0.2, -0.15) is 4.98 Å². The number of hydrogen-bond donors (Lipinski definition) is 2. The molecule has 0 bridgehead atoms. The molecular formula is C12H18N6O3. The summed E-state index contributed by atoms with van der Waals surface area (Å²) < 4.78 is 0. The second-order valence-electron chi connectivity index (χ2n) is 5.09. The van der Waals surface area contributed by atoms with Crippen LogP contribution in [0.25, 0.3) is 0 Å². The molecule has 1 aliphatic rings. The first kappa shape index (κ1) is 14.9. The van der Waals surface area contributed by atoms with Gasteiger partial charge in [-0.3, -0.25) is 14.9 Å². The molecule has 21 heavy (non-hydrogen) atoms. The highest BCUT2D eigenvalue weighted by molar-refractivity contribution is 5.72. The number of nitrogens with one attached hydrogen (secondary N) is 1. The topological polar surface area (TPSA) is 127 Å². The molecule has 2 heterocycles. The number of rotatable bonds is 4. The molecule has 0 radical (unpaired) electrons. The highest BCUT2D eigenvalue weighted by Crippen LogP contribution is 2.24. The van der Waals surface area contributed by atoms with Gasteiger partial charge in [-0.25, -0.2) is 4.98 Å². The molecule has 1 unspecified atom stereocenters. The lowest BCUT2D eigenvalue weighted by Gasteiger charge is -2.32. The van der Waals surface area contributed by atoms with Crippen LogP contribution in [0.2, 0.25) is 0 Å². The van der Waals surface area contributed by atoms with E-state index < -0.39 is 4.92 Å². The van der Waals surface area contributed by atoms with Gasteiger partial charge < -0.3 is 16.0 Å². The van der Waals surface area contributed by atoms with E-state index >= 15 is 0 Å². The van der Waals surface area contributed by atoms with Crippen molar-refractivity contribution in [2.75, 3.05) is 30.3 Å². The van der Waals surface area contributed by atoms with E-state index in [-0.39, 0.29) is 17.4 Å². The van der Waals surface area contributed by atoms with Crippen LogP contribution >= 0.6 is 0 Å². The summed E-state index contributed by atoms with van der Waals surface area (Å²) in [5, 5.41) is 13.5. The van der Waals surface area contributed by atoms with Crippen LogP contribution in [0.4, 0.5) is 17.5 Å². The van der Waals surface area contributed by atoms with Crippen LogP contribution in [-0.4, -0.2) is 40.4 Å². The van der Waals surface area contributed by atoms with Crippen molar-refractivity contribution >= 4 is 23.4 Å². The number of nitro groups is 1. The average molecular weight is 294 g/mol. The molecule has 0 spiro atoms. The first-order valence-electron chi connectivity index (χ1n) is 6.73. The standard InChI is InChI=1S/C12H18N6O3/c1-8(19)14-5-9-3-2-4-17(7-9)12-15-6-10(18(20)21)11(13)16-12/h6,9H,2-5,7H2,1H3,(H,14,19)(H2,13,15,16). The minimum absolute atomic E-state index is 0.0528. The minimum atomic E-state index is -0.602. The first-order valence-corrected chi connectivity index (χ1v) is 6.73. The van der Waals surface area contributed by atoms with Crippen LogP contribution in [0, 0.1) is 16.0 Å². The zero-order valence-electron chi connectivity index (χ0n) is 11.8. The van der Waals surface area contributed by atoms with Gasteiger partial charge in [0.1, 0.15) is 6.20 Å². The second kappa shape index (κ2) is 6.33. The Balaban J connectivity index is 2.05. The van der Waals surface area contributed by atoms with Gasteiger partial charge in [-0.05, 0) is 18.8 Å². The number of carbonyl (C=O) groups is 1. The van der Waals surface area contributed by atoms with Gasteiger partial charge in [0.2, 0.25) is 17.7 Å². The van der Waals surface area contributed by atoms with E-state index in [0.29, 0.717) is 25.0 Å². The van der Waals surface area contributed by atoms with Crippen molar-refractivity contribution in [3.8, 4) is 0 Å². The molecular weight excluding hydrogens is 276 g/mol. The number of piperidine rings is 1. The number of hydrogen-bond acceptors (Lipinski definition) is 7. The van der Waals surface area contributed by atoms with E-state index in [0.717, 1.165) is 25.6 Å². The zero-order chi connectivity index (χ0) is 15.4. The number of anilines is 2. The van der Waals surface area contributed by atoms with Crippen molar-refractivity contribution in [1.29, 1.82) is 0 Å². The van der Waals surface area contributed by atoms with E-state index in [2.05, 4.69) is 15.3 Å². The molecule has 1 fully saturated rings. The number of carbonyl (C=O) groups excluding carboxylic acids is 1. The maximum absolute atomic E-state index is 11.0. The third-order valence-corrected chi connectivity index (χ3v) is 3.42. The molecule has 3 N–H and O–H groups in total. The van der Waals surface area contributed by atoms with E-state index in [1.54, 1.807) is 0 Å². The molecule has 1 aliphatic heterocycles. The summed E-state index contributed by atoms with van der Waals surface area (Å²) in [4.78, 5) is 31.0. The van der Waals surface area contributed by atoms with Gasteiger partial charge in [0.05, 0.1) is 4.92 Å². The van der Waals surface area contributed by atoms with Crippen molar-refractivity contribution in [2.45, 2.75) is 19.8 Å². The van der Waals surface area contributed by atoms with E-state index in [1.807, 2.05) is 4.90 Å². The maximum Gasteiger partial charge on any atom is 0.329 e. The third-order valence-electron chi connectivity index (χ3n) is 3.42. The zero-order valence-corrected chi connectivity index (χ0v) is 11.8. The fourth-order valence-electron chi connectivity index (χ4n) is 2.37. The highest BCUT2D eigenvalue weighted by atomic mass is 16.6. The molecule has 1 amide bonds. The molecule has 1 atom stereocenters. The van der Waals surface area contributed by atoms with Crippen LogP contribution in [0.3, 0.4) is 0 Å². The van der Waals surface area contributed by atoms with Gasteiger partial charge in [0, 0.05) is 26.6 Å². The molecule has 9 heteroatoms. The quantitative estimate of drug-likeness (QED) is 0.604. The van der Waals surface area contributed by atoms with Gasteiger partial charge >= 0.3 is 5.69 Å². The normalized spacial score (nSPS) is 18.3.